The van der Waals surface area contributed by atoms with Gasteiger partial charge in [0.25, 0.3) is 10.0 Å². The number of nitrogens with one attached hydrogen (secondary N) is 2. The third-order valence-corrected chi connectivity index (χ3v) is 13.8. The number of halogens is 4. The highest BCUT2D eigenvalue weighted by Gasteiger charge is 2.36. The molecule has 0 saturated carbocycles. The molecule has 0 aliphatic carbocycles. The first-order valence-electron chi connectivity index (χ1n) is 20.4. The van der Waals surface area contributed by atoms with Crippen LogP contribution in [0.15, 0.2) is 131 Å². The van der Waals surface area contributed by atoms with Crippen molar-refractivity contribution in [2.75, 3.05) is 66.5 Å². The smallest absolute Gasteiger partial charge is 0.381 e. The van der Waals surface area contributed by atoms with Crippen LogP contribution in [0.2, 0.25) is 5.02 Å². The van der Waals surface area contributed by atoms with Gasteiger partial charge in [0.15, 0.2) is 5.82 Å². The Balaban J connectivity index is 1.04. The summed E-state index contributed by atoms with van der Waals surface area (Å²) in [5.74, 6) is 0.495. The van der Waals surface area contributed by atoms with Gasteiger partial charge in [-0.05, 0) is 96.9 Å². The maximum absolute atomic E-state index is 14.7. The summed E-state index contributed by atoms with van der Waals surface area (Å²) in [6.07, 6.45) is -2.98. The Labute approximate surface area is 365 Å². The molecule has 0 bridgehead atoms. The van der Waals surface area contributed by atoms with Crippen LogP contribution in [0, 0.1) is 0 Å². The number of hydrogen-bond donors (Lipinski definition) is 2. The number of nitrogens with zero attached hydrogens (tertiary/aromatic N) is 5. The molecular formula is C46H49ClF3N7O2S2. The number of alkyl halides is 3. The van der Waals surface area contributed by atoms with E-state index in [0.29, 0.717) is 40.7 Å². The number of piperazine rings is 1. The quantitative estimate of drug-likeness (QED) is 0.0869. The topological polar surface area (TPSA) is 93.7 Å². The van der Waals surface area contributed by atoms with Crippen LogP contribution in [0.5, 0.6) is 0 Å². The Bertz CT molecular complexity index is 2500. The van der Waals surface area contributed by atoms with Gasteiger partial charge in [0.05, 0.1) is 16.0 Å². The van der Waals surface area contributed by atoms with Gasteiger partial charge in [0, 0.05) is 77.7 Å². The molecule has 1 aliphatic heterocycles. The molecule has 1 unspecified atom stereocenters. The van der Waals surface area contributed by atoms with E-state index in [1.165, 1.54) is 29.6 Å². The Morgan fingerprint density at radius 3 is 2.30 bits per heavy atom. The monoisotopic (exact) mass is 887 g/mol. The van der Waals surface area contributed by atoms with Crippen LogP contribution in [0.1, 0.15) is 31.4 Å². The average molecular weight is 889 g/mol. The fraction of sp³-hybridized carbons (Fsp3) is 0.304. The van der Waals surface area contributed by atoms with Gasteiger partial charge in [0.1, 0.15) is 6.33 Å². The third kappa shape index (κ3) is 11.3. The lowest BCUT2D eigenvalue weighted by molar-refractivity contribution is -0.137. The number of fused-ring (bicyclic) bond motifs is 1. The summed E-state index contributed by atoms with van der Waals surface area (Å²) < 4.78 is 74.0. The molecule has 61 heavy (non-hydrogen) atoms. The molecule has 0 amide bonds. The van der Waals surface area contributed by atoms with E-state index in [2.05, 4.69) is 66.8 Å². The van der Waals surface area contributed by atoms with Crippen molar-refractivity contribution < 1.29 is 21.6 Å². The van der Waals surface area contributed by atoms with Crippen molar-refractivity contribution in [3.05, 3.63) is 138 Å². The standard InChI is InChI=1S/C46H49ClF3N7O2S2/c1-3-55(4-2)23-22-36(31-60-38-11-6-5-7-12-38)53-43-21-19-39(29-42(43)46(48,49)50)61(58,59)54-45-41-20-18-37(28-44(41)51-32-52-45)57-26-24-56(25-27-57)30-34-10-8-9-13-40(34)33-14-16-35(47)17-15-33/h5-21,28-29,32,36,53H,3-4,22-27,30-31H2,1-2H3,(H,51,52,54). The largest absolute Gasteiger partial charge is 0.418 e. The molecule has 5 aromatic carbocycles. The molecule has 1 aliphatic rings. The molecule has 9 nitrogen and oxygen atoms in total. The minimum absolute atomic E-state index is 0.0223. The zero-order valence-corrected chi connectivity index (χ0v) is 36.5. The highest BCUT2D eigenvalue weighted by molar-refractivity contribution is 7.99. The van der Waals surface area contributed by atoms with Crippen molar-refractivity contribution in [2.24, 2.45) is 0 Å². The van der Waals surface area contributed by atoms with E-state index in [4.69, 9.17) is 11.6 Å². The van der Waals surface area contributed by atoms with Crippen LogP contribution >= 0.6 is 23.4 Å². The molecule has 2 heterocycles. The van der Waals surface area contributed by atoms with E-state index in [0.717, 1.165) is 62.0 Å². The second kappa shape index (κ2) is 19.9. The van der Waals surface area contributed by atoms with Gasteiger partial charge in [-0.25, -0.2) is 18.4 Å². The van der Waals surface area contributed by atoms with E-state index >= 15 is 0 Å². The first kappa shape index (κ1) is 44.2. The van der Waals surface area contributed by atoms with E-state index in [1.807, 2.05) is 72.8 Å². The highest BCUT2D eigenvalue weighted by atomic mass is 35.5. The average Bonchev–Trinajstić information content (AvgIpc) is 3.26. The minimum Gasteiger partial charge on any atom is -0.381 e. The summed E-state index contributed by atoms with van der Waals surface area (Å²) in [5, 5.41) is 4.25. The first-order chi connectivity index (χ1) is 29.4. The third-order valence-electron chi connectivity index (χ3n) is 11.0. The molecule has 1 atom stereocenters. The van der Waals surface area contributed by atoms with Gasteiger partial charge in [0.2, 0.25) is 0 Å². The van der Waals surface area contributed by atoms with Crippen molar-refractivity contribution in [1.82, 2.24) is 19.8 Å². The summed E-state index contributed by atoms with van der Waals surface area (Å²) >= 11 is 7.70. The van der Waals surface area contributed by atoms with E-state index in [-0.39, 0.29) is 17.5 Å². The van der Waals surface area contributed by atoms with Crippen LogP contribution in [0.4, 0.5) is 30.4 Å². The maximum Gasteiger partial charge on any atom is 0.418 e. The van der Waals surface area contributed by atoms with Gasteiger partial charge in [-0.2, -0.15) is 13.2 Å². The van der Waals surface area contributed by atoms with Gasteiger partial charge < -0.3 is 15.1 Å². The summed E-state index contributed by atoms with van der Waals surface area (Å²) in [5.41, 5.74) is 3.73. The van der Waals surface area contributed by atoms with E-state index < -0.39 is 26.7 Å². The van der Waals surface area contributed by atoms with Crippen LogP contribution in [-0.2, 0) is 22.7 Å². The van der Waals surface area contributed by atoms with Crippen molar-refractivity contribution in [3.8, 4) is 11.1 Å². The fourth-order valence-electron chi connectivity index (χ4n) is 7.54. The molecule has 320 valence electrons. The summed E-state index contributed by atoms with van der Waals surface area (Å²) in [7, 11) is -4.49. The Hall–Kier alpha value is -4.86. The Morgan fingerprint density at radius 1 is 0.852 bits per heavy atom. The lowest BCUT2D eigenvalue weighted by Gasteiger charge is -2.36. The molecular weight excluding hydrogens is 839 g/mol. The predicted octanol–water partition coefficient (Wildman–Crippen LogP) is 10.4. The van der Waals surface area contributed by atoms with Crippen LogP contribution < -0.4 is 14.9 Å². The zero-order chi connectivity index (χ0) is 43.0. The zero-order valence-electron chi connectivity index (χ0n) is 34.1. The van der Waals surface area contributed by atoms with Crippen LogP contribution in [0.3, 0.4) is 0 Å². The summed E-state index contributed by atoms with van der Waals surface area (Å²) in [6, 6.07) is 34.3. The summed E-state index contributed by atoms with van der Waals surface area (Å²) in [4.78, 5) is 16.0. The molecule has 0 radical (unpaired) electrons. The lowest BCUT2D eigenvalue weighted by Crippen LogP contribution is -2.46. The number of aromatic nitrogens is 2. The lowest BCUT2D eigenvalue weighted by atomic mass is 9.99. The van der Waals surface area contributed by atoms with Gasteiger partial charge in [-0.3, -0.25) is 9.62 Å². The molecule has 0 spiro atoms. The molecule has 6 aromatic rings. The van der Waals surface area contributed by atoms with E-state index in [9.17, 15) is 21.6 Å². The fourth-order valence-corrected chi connectivity index (χ4v) is 9.72. The number of rotatable bonds is 17. The normalized spacial score (nSPS) is 14.4. The molecule has 15 heteroatoms. The van der Waals surface area contributed by atoms with Gasteiger partial charge in [-0.1, -0.05) is 80.0 Å². The minimum atomic E-state index is -4.82. The van der Waals surface area contributed by atoms with Crippen molar-refractivity contribution in [1.29, 1.82) is 0 Å². The number of anilines is 3. The first-order valence-corrected chi connectivity index (χ1v) is 23.2. The second-order valence-electron chi connectivity index (χ2n) is 14.9. The van der Waals surface area contributed by atoms with Gasteiger partial charge in [-0.15, -0.1) is 11.8 Å². The maximum atomic E-state index is 14.7. The van der Waals surface area contributed by atoms with Crippen LogP contribution in [0.25, 0.3) is 22.0 Å². The van der Waals surface area contributed by atoms with Crippen molar-refractivity contribution in [3.63, 3.8) is 0 Å². The number of thioether (sulfide) groups is 1. The Kier molecular flexibility index (Phi) is 14.4. The molecule has 2 N–H and O–H groups in total. The second-order valence-corrected chi connectivity index (χ2v) is 18.2. The molecule has 7 rings (SSSR count). The predicted molar refractivity (Wildman–Crippen MR) is 243 cm³/mol. The van der Waals surface area contributed by atoms with Crippen molar-refractivity contribution >= 4 is 61.5 Å². The molecule has 1 fully saturated rings. The molecule has 1 saturated heterocycles. The number of hydrogen-bond acceptors (Lipinski definition) is 9. The SMILES string of the molecule is CCN(CC)CCC(CSc1ccccc1)Nc1ccc(S(=O)(=O)Nc2ncnc3cc(N4CCN(Cc5ccccc5-c5ccc(Cl)cc5)CC4)ccc23)cc1C(F)(F)F. The molecule has 1 aromatic heterocycles. The Morgan fingerprint density at radius 2 is 1.57 bits per heavy atom. The number of benzene rings is 5. The van der Waals surface area contributed by atoms with Crippen molar-refractivity contribution in [2.45, 2.75) is 48.8 Å². The van der Waals surface area contributed by atoms with E-state index in [1.54, 1.807) is 17.8 Å². The summed E-state index contributed by atoms with van der Waals surface area (Å²) in [6.45, 7) is 10.5. The van der Waals surface area contributed by atoms with Crippen LogP contribution in [-0.4, -0.2) is 85.8 Å². The van der Waals surface area contributed by atoms with Gasteiger partial charge >= 0.3 is 6.18 Å². The number of sulfonamides is 1. The highest BCUT2D eigenvalue weighted by Crippen LogP contribution is 2.38.